The smallest absolute Gasteiger partial charge is 0.420 e. The minimum atomic E-state index is -0.406. The van der Waals surface area contributed by atoms with E-state index in [0.29, 0.717) is 5.16 Å². The maximum absolute atomic E-state index is 12.4. The van der Waals surface area contributed by atoms with Crippen LogP contribution in [-0.2, 0) is 11.3 Å². The first kappa shape index (κ1) is 13.7. The van der Waals surface area contributed by atoms with Crippen LogP contribution in [0.2, 0.25) is 0 Å². The lowest BCUT2D eigenvalue weighted by Crippen LogP contribution is -2.14. The van der Waals surface area contributed by atoms with Crippen molar-refractivity contribution in [2.24, 2.45) is 0 Å². The van der Waals surface area contributed by atoms with Crippen molar-refractivity contribution in [3.8, 4) is 0 Å². The molecule has 3 aromatic rings. The number of carbonyl (C=O) groups is 1. The van der Waals surface area contributed by atoms with Gasteiger partial charge in [0.15, 0.2) is 5.16 Å². The Hall–Kier alpha value is -2.27. The summed E-state index contributed by atoms with van der Waals surface area (Å²) in [5.74, 6) is 0. The zero-order valence-corrected chi connectivity index (χ0v) is 12.3. The predicted molar refractivity (Wildman–Crippen MR) is 83.5 cm³/mol. The molecule has 2 aromatic carbocycles. The van der Waals surface area contributed by atoms with E-state index in [1.54, 1.807) is 0 Å². The second-order valence-electron chi connectivity index (χ2n) is 4.46. The van der Waals surface area contributed by atoms with Gasteiger partial charge in [0.2, 0.25) is 0 Å². The molecule has 0 radical (unpaired) electrons. The first-order valence-electron chi connectivity index (χ1n) is 6.52. The number of benzene rings is 2. The van der Waals surface area contributed by atoms with Gasteiger partial charge in [-0.3, -0.25) is 0 Å². The molecule has 0 unspecified atom stereocenters. The molecule has 0 aliphatic carbocycles. The third-order valence-electron chi connectivity index (χ3n) is 3.10. The number of hydrogen-bond acceptors (Lipinski definition) is 4. The summed E-state index contributed by atoms with van der Waals surface area (Å²) in [6.07, 6.45) is 1.49. The molecular formula is C16H14N2O2S. The number of aromatic nitrogens is 2. The van der Waals surface area contributed by atoms with Crippen LogP contribution in [0.15, 0.2) is 59.8 Å². The van der Waals surface area contributed by atoms with Gasteiger partial charge in [-0.1, -0.05) is 54.2 Å². The zero-order valence-electron chi connectivity index (χ0n) is 11.5. The summed E-state index contributed by atoms with van der Waals surface area (Å²) in [5.41, 5.74) is 2.51. The Bertz CT molecular complexity index is 768. The van der Waals surface area contributed by atoms with E-state index >= 15 is 0 Å². The fraction of sp³-hybridized carbons (Fsp3) is 0.125. The molecule has 1 heterocycles. The summed E-state index contributed by atoms with van der Waals surface area (Å²) in [7, 11) is 0. The van der Waals surface area contributed by atoms with Crippen molar-refractivity contribution >= 4 is 28.9 Å². The molecule has 0 bridgehead atoms. The third kappa shape index (κ3) is 2.78. The van der Waals surface area contributed by atoms with Crippen LogP contribution in [0.1, 0.15) is 5.56 Å². The Kier molecular flexibility index (Phi) is 3.92. The molecule has 0 aliphatic heterocycles. The highest BCUT2D eigenvalue weighted by atomic mass is 32.2. The molecular weight excluding hydrogens is 284 g/mol. The number of carbonyl (C=O) groups excluding carboxylic acids is 1. The van der Waals surface area contributed by atoms with E-state index in [1.807, 2.05) is 60.9 Å². The first-order valence-corrected chi connectivity index (χ1v) is 7.74. The van der Waals surface area contributed by atoms with Crippen molar-refractivity contribution < 1.29 is 9.53 Å². The largest absolute Gasteiger partial charge is 0.444 e. The van der Waals surface area contributed by atoms with Crippen LogP contribution in [-0.4, -0.2) is 21.9 Å². The van der Waals surface area contributed by atoms with E-state index in [1.165, 1.54) is 16.3 Å². The quantitative estimate of drug-likeness (QED) is 0.687. The molecule has 21 heavy (non-hydrogen) atoms. The van der Waals surface area contributed by atoms with Crippen LogP contribution in [0, 0.1) is 0 Å². The molecule has 0 saturated carbocycles. The van der Waals surface area contributed by atoms with E-state index in [-0.39, 0.29) is 6.61 Å². The second kappa shape index (κ2) is 6.01. The topological polar surface area (TPSA) is 44.1 Å². The van der Waals surface area contributed by atoms with Crippen molar-refractivity contribution in [1.29, 1.82) is 0 Å². The Balaban J connectivity index is 1.87. The summed E-state index contributed by atoms with van der Waals surface area (Å²) >= 11 is 1.42. The molecule has 0 atom stereocenters. The summed E-state index contributed by atoms with van der Waals surface area (Å²) in [6, 6.07) is 17.2. The minimum absolute atomic E-state index is 0.250. The Morgan fingerprint density at radius 2 is 1.86 bits per heavy atom. The van der Waals surface area contributed by atoms with Gasteiger partial charge in [-0.05, 0) is 24.0 Å². The van der Waals surface area contributed by atoms with Crippen molar-refractivity contribution in [1.82, 2.24) is 9.55 Å². The Morgan fingerprint density at radius 3 is 2.62 bits per heavy atom. The molecule has 3 rings (SSSR count). The van der Waals surface area contributed by atoms with Gasteiger partial charge < -0.3 is 4.74 Å². The SMILES string of the molecule is CSc1nc2ccccc2n1C(=O)OCc1ccccc1. The van der Waals surface area contributed by atoms with Crippen LogP contribution in [0.25, 0.3) is 11.0 Å². The lowest BCUT2D eigenvalue weighted by Gasteiger charge is -2.08. The highest BCUT2D eigenvalue weighted by molar-refractivity contribution is 7.98. The number of fused-ring (bicyclic) bond motifs is 1. The maximum atomic E-state index is 12.4. The van der Waals surface area contributed by atoms with Crippen LogP contribution < -0.4 is 0 Å². The molecule has 0 fully saturated rings. The Morgan fingerprint density at radius 1 is 1.14 bits per heavy atom. The van der Waals surface area contributed by atoms with Crippen molar-refractivity contribution in [2.75, 3.05) is 6.26 Å². The van der Waals surface area contributed by atoms with Crippen LogP contribution in [0.4, 0.5) is 4.79 Å². The maximum Gasteiger partial charge on any atom is 0.420 e. The van der Waals surface area contributed by atoms with Crippen LogP contribution in [0.5, 0.6) is 0 Å². The third-order valence-corrected chi connectivity index (χ3v) is 3.74. The molecule has 0 N–H and O–H groups in total. The molecule has 0 spiro atoms. The highest BCUT2D eigenvalue weighted by Crippen LogP contribution is 2.22. The van der Waals surface area contributed by atoms with Gasteiger partial charge in [0, 0.05) is 0 Å². The molecule has 0 amide bonds. The summed E-state index contributed by atoms with van der Waals surface area (Å²) in [4.78, 5) is 16.8. The van der Waals surface area contributed by atoms with Gasteiger partial charge in [0.05, 0.1) is 11.0 Å². The number of nitrogens with zero attached hydrogens (tertiary/aromatic N) is 2. The lowest BCUT2D eigenvalue weighted by atomic mass is 10.2. The van der Waals surface area contributed by atoms with E-state index in [2.05, 4.69) is 4.98 Å². The number of hydrogen-bond donors (Lipinski definition) is 0. The molecule has 5 heteroatoms. The monoisotopic (exact) mass is 298 g/mol. The van der Waals surface area contributed by atoms with E-state index < -0.39 is 6.09 Å². The normalized spacial score (nSPS) is 10.7. The minimum Gasteiger partial charge on any atom is -0.444 e. The fourth-order valence-electron chi connectivity index (χ4n) is 2.10. The fourth-order valence-corrected chi connectivity index (χ4v) is 2.65. The van der Waals surface area contributed by atoms with Crippen molar-refractivity contribution in [3.05, 3.63) is 60.2 Å². The molecule has 106 valence electrons. The van der Waals surface area contributed by atoms with Gasteiger partial charge in [0.1, 0.15) is 6.61 Å². The Labute approximate surface area is 126 Å². The average Bonchev–Trinajstić information content (AvgIpc) is 2.92. The van der Waals surface area contributed by atoms with Crippen LogP contribution in [0.3, 0.4) is 0 Å². The predicted octanol–water partition coefficient (Wildman–Crippen LogP) is 3.94. The number of para-hydroxylation sites is 2. The summed E-state index contributed by atoms with van der Waals surface area (Å²) < 4.78 is 6.91. The van der Waals surface area contributed by atoms with Crippen molar-refractivity contribution in [3.63, 3.8) is 0 Å². The van der Waals surface area contributed by atoms with Gasteiger partial charge in [-0.2, -0.15) is 0 Å². The molecule has 4 nitrogen and oxygen atoms in total. The standard InChI is InChI=1S/C16H14N2O2S/c1-21-15-17-13-9-5-6-10-14(13)18(15)16(19)20-11-12-7-3-2-4-8-12/h2-10H,11H2,1H3. The zero-order chi connectivity index (χ0) is 14.7. The van der Waals surface area contributed by atoms with Gasteiger partial charge >= 0.3 is 6.09 Å². The molecule has 1 aromatic heterocycles. The number of imidazole rings is 1. The van der Waals surface area contributed by atoms with E-state index in [9.17, 15) is 4.79 Å². The number of ether oxygens (including phenoxy) is 1. The highest BCUT2D eigenvalue weighted by Gasteiger charge is 2.17. The molecule has 0 saturated heterocycles. The summed E-state index contributed by atoms with van der Waals surface area (Å²) in [5, 5.41) is 0.634. The molecule has 0 aliphatic rings. The van der Waals surface area contributed by atoms with Crippen LogP contribution >= 0.6 is 11.8 Å². The van der Waals surface area contributed by atoms with Crippen molar-refractivity contribution in [2.45, 2.75) is 11.8 Å². The summed E-state index contributed by atoms with van der Waals surface area (Å²) in [6.45, 7) is 0.250. The number of rotatable bonds is 3. The number of thioether (sulfide) groups is 1. The van der Waals surface area contributed by atoms with Gasteiger partial charge in [-0.15, -0.1) is 0 Å². The van der Waals surface area contributed by atoms with Gasteiger partial charge in [-0.25, -0.2) is 14.3 Å². The average molecular weight is 298 g/mol. The van der Waals surface area contributed by atoms with Gasteiger partial charge in [0.25, 0.3) is 0 Å². The first-order chi connectivity index (χ1) is 10.3. The van der Waals surface area contributed by atoms with E-state index in [0.717, 1.165) is 16.6 Å². The van der Waals surface area contributed by atoms with E-state index in [4.69, 9.17) is 4.74 Å². The lowest BCUT2D eigenvalue weighted by molar-refractivity contribution is 0.140. The second-order valence-corrected chi connectivity index (χ2v) is 5.24.